The summed E-state index contributed by atoms with van der Waals surface area (Å²) in [6, 6.07) is 12.3. The maximum atomic E-state index is 14.0. The van der Waals surface area contributed by atoms with Crippen LogP contribution in [0.15, 0.2) is 36.4 Å². The van der Waals surface area contributed by atoms with Gasteiger partial charge in [0, 0.05) is 5.56 Å². The second-order valence-corrected chi connectivity index (χ2v) is 4.97. The Morgan fingerprint density at radius 3 is 2.50 bits per heavy atom. The van der Waals surface area contributed by atoms with Crippen molar-refractivity contribution in [3.05, 3.63) is 53.3 Å². The van der Waals surface area contributed by atoms with Gasteiger partial charge < -0.3 is 4.74 Å². The van der Waals surface area contributed by atoms with Gasteiger partial charge in [-0.3, -0.25) is 0 Å². The summed E-state index contributed by atoms with van der Waals surface area (Å²) in [5, 5.41) is 9.08. The van der Waals surface area contributed by atoms with Crippen LogP contribution < -0.4 is 4.74 Å². The molecule has 3 heteroatoms. The molecule has 0 amide bonds. The molecule has 0 unspecified atom stereocenters. The van der Waals surface area contributed by atoms with E-state index in [-0.39, 0.29) is 11.9 Å². The molecule has 0 heterocycles. The average molecular weight is 269 g/mol. The van der Waals surface area contributed by atoms with Crippen LogP contribution in [0.3, 0.4) is 0 Å². The average Bonchev–Trinajstić information content (AvgIpc) is 2.38. The van der Waals surface area contributed by atoms with Crippen molar-refractivity contribution in [2.75, 3.05) is 0 Å². The van der Waals surface area contributed by atoms with Crippen molar-refractivity contribution < 1.29 is 9.13 Å². The quantitative estimate of drug-likeness (QED) is 0.824. The molecule has 0 saturated carbocycles. The summed E-state index contributed by atoms with van der Waals surface area (Å²) in [5.41, 5.74) is 2.54. The normalized spacial score (nSPS) is 10.4. The summed E-state index contributed by atoms with van der Waals surface area (Å²) in [7, 11) is 0. The first-order chi connectivity index (χ1) is 9.51. The molecule has 0 bridgehead atoms. The molecule has 20 heavy (non-hydrogen) atoms. The van der Waals surface area contributed by atoms with Gasteiger partial charge in [0.2, 0.25) is 0 Å². The van der Waals surface area contributed by atoms with Crippen molar-refractivity contribution in [1.29, 1.82) is 5.26 Å². The first kappa shape index (κ1) is 14.1. The Morgan fingerprint density at radius 1 is 1.15 bits per heavy atom. The number of hydrogen-bond acceptors (Lipinski definition) is 2. The predicted octanol–water partition coefficient (Wildman–Crippen LogP) is 4.46. The van der Waals surface area contributed by atoms with E-state index in [4.69, 9.17) is 10.00 Å². The van der Waals surface area contributed by atoms with Gasteiger partial charge in [0.25, 0.3) is 0 Å². The third-order valence-electron chi connectivity index (χ3n) is 2.90. The molecule has 102 valence electrons. The van der Waals surface area contributed by atoms with Gasteiger partial charge in [-0.2, -0.15) is 5.26 Å². The number of rotatable bonds is 3. The highest BCUT2D eigenvalue weighted by atomic mass is 19.1. The van der Waals surface area contributed by atoms with Gasteiger partial charge in [0.15, 0.2) is 0 Å². The molecule has 0 atom stereocenters. The zero-order chi connectivity index (χ0) is 14.7. The molecule has 2 aromatic carbocycles. The SMILES string of the molecule is Cc1ccc(-c2ccc(C#N)c(OC(C)C)c2)c(F)c1. The van der Waals surface area contributed by atoms with Gasteiger partial charge in [-0.25, -0.2) is 4.39 Å². The van der Waals surface area contributed by atoms with Gasteiger partial charge in [0.1, 0.15) is 17.6 Å². The van der Waals surface area contributed by atoms with E-state index in [0.29, 0.717) is 22.4 Å². The highest BCUT2D eigenvalue weighted by Crippen LogP contribution is 2.29. The third-order valence-corrected chi connectivity index (χ3v) is 2.90. The van der Waals surface area contributed by atoms with Crippen molar-refractivity contribution in [1.82, 2.24) is 0 Å². The lowest BCUT2D eigenvalue weighted by molar-refractivity contribution is 0.242. The molecule has 2 nitrogen and oxygen atoms in total. The van der Waals surface area contributed by atoms with Crippen LogP contribution in [0.4, 0.5) is 4.39 Å². The maximum absolute atomic E-state index is 14.0. The molecule has 2 rings (SSSR count). The summed E-state index contributed by atoms with van der Waals surface area (Å²) in [4.78, 5) is 0. The Hall–Kier alpha value is -2.34. The Balaban J connectivity index is 2.50. The first-order valence-electron chi connectivity index (χ1n) is 6.48. The number of halogens is 1. The monoisotopic (exact) mass is 269 g/mol. The van der Waals surface area contributed by atoms with Crippen LogP contribution in [0.25, 0.3) is 11.1 Å². The summed E-state index contributed by atoms with van der Waals surface area (Å²) in [6.07, 6.45) is -0.0415. The summed E-state index contributed by atoms with van der Waals surface area (Å²) < 4.78 is 19.6. The van der Waals surface area contributed by atoms with E-state index < -0.39 is 0 Å². The van der Waals surface area contributed by atoms with Gasteiger partial charge in [-0.1, -0.05) is 18.2 Å². The van der Waals surface area contributed by atoms with Crippen LogP contribution in [0.2, 0.25) is 0 Å². The van der Waals surface area contributed by atoms with Crippen LogP contribution in [-0.2, 0) is 0 Å². The molecule has 0 aliphatic rings. The van der Waals surface area contributed by atoms with E-state index in [9.17, 15) is 4.39 Å². The lowest BCUT2D eigenvalue weighted by Crippen LogP contribution is -2.07. The lowest BCUT2D eigenvalue weighted by atomic mass is 10.0. The lowest BCUT2D eigenvalue weighted by Gasteiger charge is -2.13. The van der Waals surface area contributed by atoms with Crippen molar-refractivity contribution in [3.8, 4) is 22.9 Å². The minimum absolute atomic E-state index is 0.0415. The van der Waals surface area contributed by atoms with Gasteiger partial charge >= 0.3 is 0 Å². The zero-order valence-electron chi connectivity index (χ0n) is 11.8. The van der Waals surface area contributed by atoms with Crippen molar-refractivity contribution in [2.24, 2.45) is 0 Å². The van der Waals surface area contributed by atoms with E-state index in [0.717, 1.165) is 5.56 Å². The minimum Gasteiger partial charge on any atom is -0.490 e. The molecular formula is C17H16FNO. The molecular weight excluding hydrogens is 253 g/mol. The fourth-order valence-corrected chi connectivity index (χ4v) is 1.99. The van der Waals surface area contributed by atoms with Gasteiger partial charge in [-0.05, 0) is 50.1 Å². The van der Waals surface area contributed by atoms with Crippen LogP contribution in [0, 0.1) is 24.1 Å². The zero-order valence-corrected chi connectivity index (χ0v) is 11.8. The summed E-state index contributed by atoms with van der Waals surface area (Å²) in [5.74, 6) is 0.213. The van der Waals surface area contributed by atoms with Crippen LogP contribution in [0.5, 0.6) is 5.75 Å². The fourth-order valence-electron chi connectivity index (χ4n) is 1.99. The Kier molecular flexibility index (Phi) is 4.05. The molecule has 0 N–H and O–H groups in total. The number of ether oxygens (including phenoxy) is 1. The Bertz CT molecular complexity index is 671. The van der Waals surface area contributed by atoms with Crippen molar-refractivity contribution in [2.45, 2.75) is 26.9 Å². The topological polar surface area (TPSA) is 33.0 Å². The number of nitrogens with zero attached hydrogens (tertiary/aromatic N) is 1. The summed E-state index contributed by atoms with van der Waals surface area (Å²) in [6.45, 7) is 5.62. The van der Waals surface area contributed by atoms with Gasteiger partial charge in [0.05, 0.1) is 11.7 Å². The van der Waals surface area contributed by atoms with Crippen molar-refractivity contribution in [3.63, 3.8) is 0 Å². The predicted molar refractivity (Wildman–Crippen MR) is 77.1 cm³/mol. The van der Waals surface area contributed by atoms with E-state index in [1.165, 1.54) is 6.07 Å². The molecule has 0 saturated heterocycles. The van der Waals surface area contributed by atoms with E-state index in [2.05, 4.69) is 6.07 Å². The Morgan fingerprint density at radius 2 is 1.90 bits per heavy atom. The molecule has 0 aliphatic carbocycles. The van der Waals surface area contributed by atoms with E-state index >= 15 is 0 Å². The van der Waals surface area contributed by atoms with Crippen LogP contribution in [0.1, 0.15) is 25.0 Å². The number of hydrogen-bond donors (Lipinski definition) is 0. The van der Waals surface area contributed by atoms with Gasteiger partial charge in [-0.15, -0.1) is 0 Å². The molecule has 0 radical (unpaired) electrons. The maximum Gasteiger partial charge on any atom is 0.138 e. The second kappa shape index (κ2) is 5.75. The standard InChI is InChI=1S/C17H16FNO/c1-11(2)20-17-9-13(5-6-14(17)10-19)15-7-4-12(3)8-16(15)18/h4-9,11H,1-3H3. The second-order valence-electron chi connectivity index (χ2n) is 4.97. The molecule has 2 aromatic rings. The highest BCUT2D eigenvalue weighted by molar-refractivity contribution is 5.68. The molecule has 0 spiro atoms. The van der Waals surface area contributed by atoms with Crippen LogP contribution in [-0.4, -0.2) is 6.10 Å². The molecule has 0 aliphatic heterocycles. The van der Waals surface area contributed by atoms with E-state index in [1.54, 1.807) is 24.3 Å². The number of aryl methyl sites for hydroxylation is 1. The smallest absolute Gasteiger partial charge is 0.138 e. The molecule has 0 aromatic heterocycles. The van der Waals surface area contributed by atoms with Crippen molar-refractivity contribution >= 4 is 0 Å². The van der Waals surface area contributed by atoms with E-state index in [1.807, 2.05) is 26.8 Å². The van der Waals surface area contributed by atoms with Crippen LogP contribution >= 0.6 is 0 Å². The highest BCUT2D eigenvalue weighted by Gasteiger charge is 2.10. The Labute approximate surface area is 118 Å². The fraction of sp³-hybridized carbons (Fsp3) is 0.235. The first-order valence-corrected chi connectivity index (χ1v) is 6.48. The summed E-state index contributed by atoms with van der Waals surface area (Å²) >= 11 is 0. The minimum atomic E-state index is -0.273. The third kappa shape index (κ3) is 2.97. The number of nitriles is 1. The largest absolute Gasteiger partial charge is 0.490 e. The number of benzene rings is 2. The molecule has 0 fully saturated rings.